The van der Waals surface area contributed by atoms with E-state index < -0.39 is 11.7 Å². The van der Waals surface area contributed by atoms with Crippen molar-refractivity contribution in [2.75, 3.05) is 19.8 Å². The van der Waals surface area contributed by atoms with Gasteiger partial charge in [0.1, 0.15) is 13.2 Å². The van der Waals surface area contributed by atoms with E-state index in [1.807, 2.05) is 18.2 Å². The molecule has 4 heterocycles. The number of likely N-dealkylation sites (tertiary alicyclic amines) is 1. The maximum Gasteiger partial charge on any atom is 0.417 e. The van der Waals surface area contributed by atoms with Gasteiger partial charge < -0.3 is 14.4 Å². The molecule has 10 heteroatoms. The van der Waals surface area contributed by atoms with Gasteiger partial charge in [0, 0.05) is 12.7 Å². The van der Waals surface area contributed by atoms with E-state index in [0.717, 1.165) is 30.7 Å². The zero-order valence-corrected chi connectivity index (χ0v) is 17.8. The summed E-state index contributed by atoms with van der Waals surface area (Å²) in [4.78, 5) is 19.1. The van der Waals surface area contributed by atoms with Crippen LogP contribution in [0.2, 0.25) is 0 Å². The second-order valence-corrected chi connectivity index (χ2v) is 8.02. The Labute approximate surface area is 187 Å². The fourth-order valence-electron chi connectivity index (χ4n) is 4.31. The number of carbonyl (C=O) groups is 1. The molecule has 0 aliphatic carbocycles. The van der Waals surface area contributed by atoms with Gasteiger partial charge in [0.2, 0.25) is 0 Å². The fourth-order valence-corrected chi connectivity index (χ4v) is 4.31. The number of pyridine rings is 1. The number of alkyl halides is 3. The molecule has 2 aliphatic heterocycles. The second-order valence-electron chi connectivity index (χ2n) is 8.02. The molecular formula is C23H21F3N4O3. The van der Waals surface area contributed by atoms with E-state index in [2.05, 4.69) is 10.1 Å². The standard InChI is InChI=1S/C23H21F3N4O3/c1-14-17(13-28-30(14)21-7-5-16(12-27-21)23(24,25)26)22(31)29-8-2-3-18(29)15-4-6-19-20(11-15)33-10-9-32-19/h4-7,11-13,18H,2-3,8-10H2,1H3/t18-/m0/s1. The highest BCUT2D eigenvalue weighted by molar-refractivity contribution is 5.95. The molecule has 7 nitrogen and oxygen atoms in total. The summed E-state index contributed by atoms with van der Waals surface area (Å²) in [6.45, 7) is 3.30. The van der Waals surface area contributed by atoms with E-state index in [1.165, 1.54) is 16.9 Å². The first-order valence-corrected chi connectivity index (χ1v) is 10.6. The zero-order valence-electron chi connectivity index (χ0n) is 17.8. The molecule has 0 saturated carbocycles. The number of hydrogen-bond acceptors (Lipinski definition) is 5. The summed E-state index contributed by atoms with van der Waals surface area (Å²) in [6, 6.07) is 7.82. The van der Waals surface area contributed by atoms with Crippen molar-refractivity contribution in [3.63, 3.8) is 0 Å². The SMILES string of the molecule is Cc1c(C(=O)N2CCC[C@H]2c2ccc3c(c2)OCCO3)cnn1-c1ccc(C(F)(F)F)cn1. The Morgan fingerprint density at radius 1 is 1.09 bits per heavy atom. The van der Waals surface area contributed by atoms with Crippen LogP contribution in [-0.4, -0.2) is 45.3 Å². The van der Waals surface area contributed by atoms with Gasteiger partial charge in [0.25, 0.3) is 5.91 Å². The van der Waals surface area contributed by atoms with Crippen LogP contribution in [0.3, 0.4) is 0 Å². The lowest BCUT2D eigenvalue weighted by atomic mass is 10.0. The molecule has 1 atom stereocenters. The smallest absolute Gasteiger partial charge is 0.417 e. The normalized spacial score (nSPS) is 17.9. The first-order valence-electron chi connectivity index (χ1n) is 10.6. The van der Waals surface area contributed by atoms with Crippen LogP contribution in [0, 0.1) is 6.92 Å². The zero-order chi connectivity index (χ0) is 23.2. The van der Waals surface area contributed by atoms with Crippen molar-refractivity contribution in [1.29, 1.82) is 0 Å². The number of ether oxygens (including phenoxy) is 2. The first kappa shape index (κ1) is 21.3. The van der Waals surface area contributed by atoms with Gasteiger partial charge in [0.15, 0.2) is 17.3 Å². The van der Waals surface area contributed by atoms with Crippen LogP contribution in [-0.2, 0) is 6.18 Å². The maximum atomic E-state index is 13.4. The van der Waals surface area contributed by atoms with Crippen molar-refractivity contribution in [2.45, 2.75) is 32.0 Å². The molecule has 2 aliphatic rings. The monoisotopic (exact) mass is 458 g/mol. The molecular weight excluding hydrogens is 437 g/mol. The lowest BCUT2D eigenvalue weighted by Crippen LogP contribution is -2.31. The molecule has 1 aromatic carbocycles. The second kappa shape index (κ2) is 8.09. The van der Waals surface area contributed by atoms with Crippen molar-refractivity contribution < 1.29 is 27.4 Å². The van der Waals surface area contributed by atoms with E-state index in [4.69, 9.17) is 9.47 Å². The lowest BCUT2D eigenvalue weighted by Gasteiger charge is -2.26. The summed E-state index contributed by atoms with van der Waals surface area (Å²) in [5.74, 6) is 1.41. The highest BCUT2D eigenvalue weighted by atomic mass is 19.4. The van der Waals surface area contributed by atoms with Gasteiger partial charge in [0.05, 0.1) is 29.1 Å². The molecule has 0 spiro atoms. The molecule has 0 N–H and O–H groups in total. The Bertz CT molecular complexity index is 1190. The summed E-state index contributed by atoms with van der Waals surface area (Å²) in [5, 5.41) is 4.21. The average Bonchev–Trinajstić information content (AvgIpc) is 3.45. The molecule has 172 valence electrons. The largest absolute Gasteiger partial charge is 0.486 e. The highest BCUT2D eigenvalue weighted by Crippen LogP contribution is 2.39. The fraction of sp³-hybridized carbons (Fsp3) is 0.348. The van der Waals surface area contributed by atoms with Crippen molar-refractivity contribution in [1.82, 2.24) is 19.7 Å². The predicted octanol–water partition coefficient (Wildman–Crippen LogP) is 4.34. The van der Waals surface area contributed by atoms with E-state index >= 15 is 0 Å². The third-order valence-electron chi connectivity index (χ3n) is 6.00. The van der Waals surface area contributed by atoms with Crippen molar-refractivity contribution in [3.05, 3.63) is 65.1 Å². The minimum Gasteiger partial charge on any atom is -0.486 e. The quantitative estimate of drug-likeness (QED) is 0.584. The minimum atomic E-state index is -4.47. The number of hydrogen-bond donors (Lipinski definition) is 0. The van der Waals surface area contributed by atoms with E-state index in [0.29, 0.717) is 42.5 Å². The molecule has 1 saturated heterocycles. The molecule has 0 radical (unpaired) electrons. The van der Waals surface area contributed by atoms with Gasteiger partial charge in [-0.15, -0.1) is 0 Å². The van der Waals surface area contributed by atoms with Crippen LogP contribution in [0.5, 0.6) is 11.5 Å². The Morgan fingerprint density at radius 2 is 1.88 bits per heavy atom. The Morgan fingerprint density at radius 3 is 2.61 bits per heavy atom. The van der Waals surface area contributed by atoms with Crippen LogP contribution >= 0.6 is 0 Å². The minimum absolute atomic E-state index is 0.111. The van der Waals surface area contributed by atoms with Crippen molar-refractivity contribution >= 4 is 5.91 Å². The maximum absolute atomic E-state index is 13.4. The van der Waals surface area contributed by atoms with Crippen LogP contribution in [0.25, 0.3) is 5.82 Å². The molecule has 0 unspecified atom stereocenters. The summed E-state index contributed by atoms with van der Waals surface area (Å²) < 4.78 is 51.1. The van der Waals surface area contributed by atoms with Crippen LogP contribution in [0.1, 0.15) is 46.1 Å². The van der Waals surface area contributed by atoms with Gasteiger partial charge in [-0.1, -0.05) is 6.07 Å². The van der Waals surface area contributed by atoms with E-state index in [1.54, 1.807) is 11.8 Å². The summed E-state index contributed by atoms with van der Waals surface area (Å²) >= 11 is 0. The predicted molar refractivity (Wildman–Crippen MR) is 112 cm³/mol. The number of carbonyl (C=O) groups excluding carboxylic acids is 1. The number of amides is 1. The van der Waals surface area contributed by atoms with Gasteiger partial charge >= 0.3 is 6.18 Å². The van der Waals surface area contributed by atoms with Crippen molar-refractivity contribution in [2.24, 2.45) is 0 Å². The number of fused-ring (bicyclic) bond motifs is 1. The van der Waals surface area contributed by atoms with Gasteiger partial charge in [-0.05, 0) is 49.6 Å². The summed E-state index contributed by atoms with van der Waals surface area (Å²) in [5.41, 5.74) is 1.03. The average molecular weight is 458 g/mol. The van der Waals surface area contributed by atoms with Gasteiger partial charge in [-0.3, -0.25) is 4.79 Å². The lowest BCUT2D eigenvalue weighted by molar-refractivity contribution is -0.137. The molecule has 0 bridgehead atoms. The summed E-state index contributed by atoms with van der Waals surface area (Å²) in [6.07, 6.45) is -0.589. The number of rotatable bonds is 3. The molecule has 2 aromatic heterocycles. The highest BCUT2D eigenvalue weighted by Gasteiger charge is 2.34. The molecule has 1 amide bonds. The third kappa shape index (κ3) is 3.90. The molecule has 3 aromatic rings. The van der Waals surface area contributed by atoms with Gasteiger partial charge in [-0.2, -0.15) is 18.3 Å². The Hall–Kier alpha value is -3.56. The third-order valence-corrected chi connectivity index (χ3v) is 6.00. The summed E-state index contributed by atoms with van der Waals surface area (Å²) in [7, 11) is 0. The van der Waals surface area contributed by atoms with E-state index in [9.17, 15) is 18.0 Å². The Kier molecular flexibility index (Phi) is 5.22. The van der Waals surface area contributed by atoms with Crippen molar-refractivity contribution in [3.8, 4) is 17.3 Å². The Balaban J connectivity index is 1.40. The van der Waals surface area contributed by atoms with Crippen LogP contribution in [0.15, 0.2) is 42.7 Å². The number of nitrogens with zero attached hydrogens (tertiary/aromatic N) is 4. The molecule has 5 rings (SSSR count). The number of halogens is 3. The van der Waals surface area contributed by atoms with Gasteiger partial charge in [-0.25, -0.2) is 9.67 Å². The number of benzene rings is 1. The number of aromatic nitrogens is 3. The first-order chi connectivity index (χ1) is 15.8. The van der Waals surface area contributed by atoms with E-state index in [-0.39, 0.29) is 17.8 Å². The molecule has 1 fully saturated rings. The van der Waals surface area contributed by atoms with Crippen LogP contribution < -0.4 is 9.47 Å². The molecule has 33 heavy (non-hydrogen) atoms. The van der Waals surface area contributed by atoms with Crippen LogP contribution in [0.4, 0.5) is 13.2 Å². The topological polar surface area (TPSA) is 69.5 Å².